The van der Waals surface area contributed by atoms with Gasteiger partial charge < -0.3 is 14.6 Å². The van der Waals surface area contributed by atoms with Crippen molar-refractivity contribution in [3.05, 3.63) is 54.5 Å². The molecule has 1 saturated carbocycles. The number of aliphatic hydroxyl groups excluding tert-OH is 1. The first-order chi connectivity index (χ1) is 13.1. The third-order valence-corrected chi connectivity index (χ3v) is 4.90. The first-order valence-corrected chi connectivity index (χ1v) is 9.30. The largest absolute Gasteiger partial charge is 0.470 e. The number of hydrogen-bond donors (Lipinski definition) is 3. The van der Waals surface area contributed by atoms with Gasteiger partial charge in [-0.3, -0.25) is 9.74 Å². The van der Waals surface area contributed by atoms with Crippen molar-refractivity contribution in [3.63, 3.8) is 0 Å². The zero-order valence-corrected chi connectivity index (χ0v) is 15.2. The maximum Gasteiger partial charge on any atom is 0.412 e. The molecule has 1 amide bonds. The number of rotatable bonds is 9. The highest BCUT2D eigenvalue weighted by Crippen LogP contribution is 2.23. The second kappa shape index (κ2) is 9.55. The van der Waals surface area contributed by atoms with E-state index in [1.165, 1.54) is 12.5 Å². The van der Waals surface area contributed by atoms with Crippen LogP contribution in [0.5, 0.6) is 0 Å². The second-order valence-corrected chi connectivity index (χ2v) is 6.83. The summed E-state index contributed by atoms with van der Waals surface area (Å²) in [4.78, 5) is 18.7. The van der Waals surface area contributed by atoms with Crippen LogP contribution in [-0.2, 0) is 11.3 Å². The Labute approximate surface area is 158 Å². The lowest BCUT2D eigenvalue weighted by atomic mass is 9.99. The molecule has 3 N–H and O–H groups in total. The summed E-state index contributed by atoms with van der Waals surface area (Å²) >= 11 is 0. The van der Waals surface area contributed by atoms with Crippen LogP contribution in [-0.4, -0.2) is 41.1 Å². The van der Waals surface area contributed by atoms with Crippen molar-refractivity contribution >= 4 is 11.8 Å². The lowest BCUT2D eigenvalue weighted by Crippen LogP contribution is -2.51. The van der Waals surface area contributed by atoms with Gasteiger partial charge in [0.15, 0.2) is 0 Å². The van der Waals surface area contributed by atoms with Gasteiger partial charge in [0.2, 0.25) is 0 Å². The third kappa shape index (κ3) is 5.32. The van der Waals surface area contributed by atoms with E-state index in [9.17, 15) is 15.0 Å². The minimum Gasteiger partial charge on any atom is -0.470 e. The molecular weight excluding hydrogens is 348 g/mol. The molecule has 0 spiro atoms. The van der Waals surface area contributed by atoms with E-state index in [1.54, 1.807) is 6.07 Å². The molecule has 1 aromatic carbocycles. The molecule has 2 aromatic rings. The number of anilines is 1. The Morgan fingerprint density at radius 3 is 2.63 bits per heavy atom. The molecular formula is C20H26N2O5. The van der Waals surface area contributed by atoms with Crippen LogP contribution in [0.3, 0.4) is 0 Å². The fraction of sp³-hybridized carbons (Fsp3) is 0.450. The molecule has 1 aromatic heterocycles. The van der Waals surface area contributed by atoms with Crippen molar-refractivity contribution in [2.75, 3.05) is 11.4 Å². The monoisotopic (exact) mass is 374 g/mol. The van der Waals surface area contributed by atoms with E-state index in [1.807, 2.05) is 30.3 Å². The van der Waals surface area contributed by atoms with Crippen LogP contribution in [0, 0.1) is 0 Å². The van der Waals surface area contributed by atoms with Gasteiger partial charge in [0.25, 0.3) is 0 Å². The van der Waals surface area contributed by atoms with E-state index in [0.29, 0.717) is 12.1 Å². The molecule has 0 radical (unpaired) electrons. The summed E-state index contributed by atoms with van der Waals surface area (Å²) in [6, 6.07) is 10.4. The van der Waals surface area contributed by atoms with Gasteiger partial charge in [-0.2, -0.15) is 5.48 Å². The number of amides is 1. The standard InChI is InChI=1S/C20H26N2O5/c23-19(13-21-27-17-8-4-5-9-17)18(12-15-6-2-1-3-7-15)22(20(24)25)16-10-11-26-14-16/h1-3,6-7,10-11,14,17-19,21,23H,4-5,8-9,12-13H2,(H,24,25). The second-order valence-electron chi connectivity index (χ2n) is 6.83. The number of carboxylic acid groups (broad SMARTS) is 1. The summed E-state index contributed by atoms with van der Waals surface area (Å²) in [5, 5.41) is 20.5. The van der Waals surface area contributed by atoms with E-state index in [0.717, 1.165) is 36.1 Å². The predicted octanol–water partition coefficient (Wildman–Crippen LogP) is 3.20. The van der Waals surface area contributed by atoms with Crippen molar-refractivity contribution < 1.29 is 24.3 Å². The quantitative estimate of drug-likeness (QED) is 0.584. The highest BCUT2D eigenvalue weighted by atomic mass is 16.7. The van der Waals surface area contributed by atoms with Gasteiger partial charge in [-0.15, -0.1) is 0 Å². The first-order valence-electron chi connectivity index (χ1n) is 9.30. The zero-order chi connectivity index (χ0) is 19.1. The lowest BCUT2D eigenvalue weighted by molar-refractivity contribution is -0.0398. The Balaban J connectivity index is 1.72. The smallest absolute Gasteiger partial charge is 0.412 e. The molecule has 1 fully saturated rings. The minimum atomic E-state index is -1.15. The van der Waals surface area contributed by atoms with Crippen LogP contribution >= 0.6 is 0 Å². The van der Waals surface area contributed by atoms with Gasteiger partial charge in [0, 0.05) is 12.6 Å². The van der Waals surface area contributed by atoms with Crippen molar-refractivity contribution in [1.82, 2.24) is 5.48 Å². The average Bonchev–Trinajstić information content (AvgIpc) is 3.36. The Bertz CT molecular complexity index is 686. The van der Waals surface area contributed by atoms with Crippen LogP contribution in [0.2, 0.25) is 0 Å². The highest BCUT2D eigenvalue weighted by molar-refractivity contribution is 5.86. The molecule has 1 aliphatic carbocycles. The molecule has 146 valence electrons. The summed E-state index contributed by atoms with van der Waals surface area (Å²) in [6.45, 7) is 0.135. The summed E-state index contributed by atoms with van der Waals surface area (Å²) in [5.74, 6) is 0. The van der Waals surface area contributed by atoms with Crippen LogP contribution in [0.15, 0.2) is 53.3 Å². The summed E-state index contributed by atoms with van der Waals surface area (Å²) in [7, 11) is 0. The van der Waals surface area contributed by atoms with E-state index >= 15 is 0 Å². The van der Waals surface area contributed by atoms with Crippen molar-refractivity contribution in [3.8, 4) is 0 Å². The molecule has 7 heteroatoms. The highest BCUT2D eigenvalue weighted by Gasteiger charge is 2.32. The SMILES string of the molecule is O=C(O)N(c1ccoc1)C(Cc1ccccc1)C(O)CNOC1CCCC1. The first kappa shape index (κ1) is 19.4. The molecule has 0 bridgehead atoms. The topological polar surface area (TPSA) is 95.2 Å². The maximum atomic E-state index is 11.9. The maximum absolute atomic E-state index is 11.9. The summed E-state index contributed by atoms with van der Waals surface area (Å²) in [5.41, 5.74) is 4.17. The normalized spacial score (nSPS) is 16.9. The van der Waals surface area contributed by atoms with Crippen LogP contribution in [0.25, 0.3) is 0 Å². The fourth-order valence-electron chi connectivity index (χ4n) is 3.49. The van der Waals surface area contributed by atoms with Gasteiger partial charge in [-0.1, -0.05) is 43.2 Å². The molecule has 0 aliphatic heterocycles. The number of hydrogen-bond acceptors (Lipinski definition) is 5. The van der Waals surface area contributed by atoms with Gasteiger partial charge in [-0.25, -0.2) is 4.79 Å². The Hall–Kier alpha value is -2.35. The van der Waals surface area contributed by atoms with E-state index in [4.69, 9.17) is 9.25 Å². The fourth-order valence-corrected chi connectivity index (χ4v) is 3.49. The van der Waals surface area contributed by atoms with Crippen LogP contribution in [0.1, 0.15) is 31.2 Å². The zero-order valence-electron chi connectivity index (χ0n) is 15.2. The molecule has 1 heterocycles. The van der Waals surface area contributed by atoms with Gasteiger partial charge in [0.05, 0.1) is 30.2 Å². The number of hydroxylamine groups is 1. The van der Waals surface area contributed by atoms with Gasteiger partial charge >= 0.3 is 6.09 Å². The molecule has 1 aliphatic rings. The molecule has 7 nitrogen and oxygen atoms in total. The van der Waals surface area contributed by atoms with Crippen LogP contribution in [0.4, 0.5) is 10.5 Å². The Morgan fingerprint density at radius 2 is 2.00 bits per heavy atom. The number of nitrogens with zero attached hydrogens (tertiary/aromatic N) is 1. The van der Waals surface area contributed by atoms with Crippen molar-refractivity contribution in [2.45, 2.75) is 50.4 Å². The Morgan fingerprint density at radius 1 is 1.26 bits per heavy atom. The summed E-state index contributed by atoms with van der Waals surface area (Å²) in [6.07, 6.45) is 5.52. The van der Waals surface area contributed by atoms with Crippen LogP contribution < -0.4 is 10.4 Å². The molecule has 3 rings (SSSR count). The van der Waals surface area contributed by atoms with E-state index in [-0.39, 0.29) is 12.6 Å². The number of benzene rings is 1. The molecule has 2 atom stereocenters. The third-order valence-electron chi connectivity index (χ3n) is 4.90. The van der Waals surface area contributed by atoms with E-state index < -0.39 is 18.2 Å². The molecule has 0 saturated heterocycles. The molecule has 2 unspecified atom stereocenters. The predicted molar refractivity (Wildman–Crippen MR) is 100 cm³/mol. The number of nitrogens with one attached hydrogen (secondary N) is 1. The average molecular weight is 374 g/mol. The minimum absolute atomic E-state index is 0.135. The number of aliphatic hydroxyl groups is 1. The van der Waals surface area contributed by atoms with Crippen molar-refractivity contribution in [1.29, 1.82) is 0 Å². The lowest BCUT2D eigenvalue weighted by Gasteiger charge is -2.32. The van der Waals surface area contributed by atoms with Gasteiger partial charge in [-0.05, 0) is 24.8 Å². The Kier molecular flexibility index (Phi) is 6.86. The molecule has 27 heavy (non-hydrogen) atoms. The number of carbonyl (C=O) groups is 1. The van der Waals surface area contributed by atoms with Crippen molar-refractivity contribution in [2.24, 2.45) is 0 Å². The van der Waals surface area contributed by atoms with Gasteiger partial charge in [0.1, 0.15) is 6.26 Å². The number of furan rings is 1. The summed E-state index contributed by atoms with van der Waals surface area (Å²) < 4.78 is 5.05. The van der Waals surface area contributed by atoms with E-state index in [2.05, 4.69) is 5.48 Å².